The Kier molecular flexibility index (Phi) is 7.09. The number of nitrogens with two attached hydrogens (primary N) is 1. The van der Waals surface area contributed by atoms with E-state index in [0.29, 0.717) is 44.8 Å². The SMILES string of the molecule is COc1cc(NC(=O)C2(N)CCOCC2)ccc1S(=O)(=O)N1CCCC1.Cl. The molecule has 27 heavy (non-hydrogen) atoms. The van der Waals surface area contributed by atoms with Gasteiger partial charge in [-0.3, -0.25) is 4.79 Å². The maximum absolute atomic E-state index is 12.8. The molecule has 0 unspecified atom stereocenters. The van der Waals surface area contributed by atoms with Crippen LogP contribution in [0.1, 0.15) is 25.7 Å². The lowest BCUT2D eigenvalue weighted by Gasteiger charge is -2.31. The van der Waals surface area contributed by atoms with Gasteiger partial charge in [0, 0.05) is 38.1 Å². The van der Waals surface area contributed by atoms with Gasteiger partial charge in [-0.2, -0.15) is 4.31 Å². The zero-order chi connectivity index (χ0) is 18.8. The monoisotopic (exact) mass is 419 g/mol. The van der Waals surface area contributed by atoms with Crippen LogP contribution in [0.2, 0.25) is 0 Å². The molecule has 2 fully saturated rings. The van der Waals surface area contributed by atoms with Crippen LogP contribution in [0.5, 0.6) is 5.75 Å². The largest absolute Gasteiger partial charge is 0.495 e. The van der Waals surface area contributed by atoms with Gasteiger partial charge in [0.1, 0.15) is 16.2 Å². The number of rotatable bonds is 5. The molecule has 2 saturated heterocycles. The number of carbonyl (C=O) groups excluding carboxylic acids is 1. The minimum Gasteiger partial charge on any atom is -0.495 e. The van der Waals surface area contributed by atoms with E-state index in [0.717, 1.165) is 12.8 Å². The molecule has 152 valence electrons. The number of hydrogen-bond acceptors (Lipinski definition) is 6. The highest BCUT2D eigenvalue weighted by atomic mass is 35.5. The molecule has 1 amide bonds. The van der Waals surface area contributed by atoms with Gasteiger partial charge in [-0.05, 0) is 37.8 Å². The van der Waals surface area contributed by atoms with Gasteiger partial charge >= 0.3 is 0 Å². The molecular formula is C17H26ClN3O5S. The summed E-state index contributed by atoms with van der Waals surface area (Å²) in [4.78, 5) is 12.6. The van der Waals surface area contributed by atoms with Crippen LogP contribution in [0.4, 0.5) is 5.69 Å². The van der Waals surface area contributed by atoms with Gasteiger partial charge in [0.05, 0.1) is 7.11 Å². The van der Waals surface area contributed by atoms with E-state index in [1.54, 1.807) is 6.07 Å². The average Bonchev–Trinajstić information content (AvgIpc) is 3.17. The number of nitrogens with zero attached hydrogens (tertiary/aromatic N) is 1. The summed E-state index contributed by atoms with van der Waals surface area (Å²) in [7, 11) is -2.20. The molecule has 0 aromatic heterocycles. The second-order valence-corrected chi connectivity index (χ2v) is 8.61. The lowest BCUT2D eigenvalue weighted by atomic mass is 9.90. The van der Waals surface area contributed by atoms with E-state index < -0.39 is 15.6 Å². The Morgan fingerprint density at radius 3 is 2.48 bits per heavy atom. The van der Waals surface area contributed by atoms with Crippen molar-refractivity contribution < 1.29 is 22.7 Å². The van der Waals surface area contributed by atoms with E-state index >= 15 is 0 Å². The molecule has 2 aliphatic heterocycles. The predicted octanol–water partition coefficient (Wildman–Crippen LogP) is 1.35. The number of benzene rings is 1. The quantitative estimate of drug-likeness (QED) is 0.745. The van der Waals surface area contributed by atoms with Gasteiger partial charge in [0.2, 0.25) is 15.9 Å². The summed E-state index contributed by atoms with van der Waals surface area (Å²) in [5.74, 6) is -0.106. The van der Waals surface area contributed by atoms with Crippen molar-refractivity contribution in [3.63, 3.8) is 0 Å². The van der Waals surface area contributed by atoms with Gasteiger partial charge in [0.25, 0.3) is 0 Å². The number of halogens is 1. The molecule has 0 bridgehead atoms. The second-order valence-electron chi connectivity index (χ2n) is 6.70. The number of amides is 1. The van der Waals surface area contributed by atoms with E-state index in [4.69, 9.17) is 15.2 Å². The molecule has 0 spiro atoms. The van der Waals surface area contributed by atoms with Crippen molar-refractivity contribution >= 4 is 34.0 Å². The van der Waals surface area contributed by atoms with Gasteiger partial charge in [0.15, 0.2) is 0 Å². The molecule has 0 radical (unpaired) electrons. The lowest BCUT2D eigenvalue weighted by molar-refractivity contribution is -0.124. The Labute approximate surface area is 165 Å². The molecular weight excluding hydrogens is 394 g/mol. The summed E-state index contributed by atoms with van der Waals surface area (Å²) in [6.07, 6.45) is 2.60. The highest BCUT2D eigenvalue weighted by Gasteiger charge is 2.36. The van der Waals surface area contributed by atoms with E-state index in [1.807, 2.05) is 0 Å². The Hall–Kier alpha value is -1.39. The van der Waals surface area contributed by atoms with Gasteiger partial charge in [-0.15, -0.1) is 12.4 Å². The van der Waals surface area contributed by atoms with Crippen molar-refractivity contribution in [2.75, 3.05) is 38.7 Å². The third kappa shape index (κ3) is 4.55. The van der Waals surface area contributed by atoms with Crippen molar-refractivity contribution in [3.8, 4) is 5.75 Å². The summed E-state index contributed by atoms with van der Waals surface area (Å²) >= 11 is 0. The molecule has 0 saturated carbocycles. The topological polar surface area (TPSA) is 111 Å². The fourth-order valence-electron chi connectivity index (χ4n) is 3.24. The van der Waals surface area contributed by atoms with Gasteiger partial charge < -0.3 is 20.5 Å². The van der Waals surface area contributed by atoms with E-state index in [-0.39, 0.29) is 29.0 Å². The molecule has 3 rings (SSSR count). The summed E-state index contributed by atoms with van der Waals surface area (Å²) in [5.41, 5.74) is 5.64. The fraction of sp³-hybridized carbons (Fsp3) is 0.588. The number of ether oxygens (including phenoxy) is 2. The van der Waals surface area contributed by atoms with Crippen LogP contribution in [0.15, 0.2) is 23.1 Å². The number of carbonyl (C=O) groups is 1. The maximum atomic E-state index is 12.8. The third-order valence-corrected chi connectivity index (χ3v) is 6.88. The number of sulfonamides is 1. The first-order chi connectivity index (χ1) is 12.4. The molecule has 10 heteroatoms. The first-order valence-electron chi connectivity index (χ1n) is 8.73. The Morgan fingerprint density at radius 2 is 1.89 bits per heavy atom. The van der Waals surface area contributed by atoms with Crippen LogP contribution in [0.25, 0.3) is 0 Å². The molecule has 8 nitrogen and oxygen atoms in total. The van der Waals surface area contributed by atoms with Gasteiger partial charge in [-0.1, -0.05) is 0 Å². The smallest absolute Gasteiger partial charge is 0.246 e. The molecule has 2 heterocycles. The highest BCUT2D eigenvalue weighted by Crippen LogP contribution is 2.31. The second kappa shape index (κ2) is 8.74. The average molecular weight is 420 g/mol. The third-order valence-electron chi connectivity index (χ3n) is 4.94. The van der Waals surface area contributed by atoms with Crippen LogP contribution in [-0.2, 0) is 19.6 Å². The summed E-state index contributed by atoms with van der Waals surface area (Å²) in [6, 6.07) is 4.55. The van der Waals surface area contributed by atoms with Crippen molar-refractivity contribution in [2.24, 2.45) is 5.73 Å². The first kappa shape index (κ1) is 21.9. The fourth-order valence-corrected chi connectivity index (χ4v) is 4.90. The zero-order valence-electron chi connectivity index (χ0n) is 15.3. The van der Waals surface area contributed by atoms with Crippen molar-refractivity contribution in [1.82, 2.24) is 4.31 Å². The van der Waals surface area contributed by atoms with E-state index in [9.17, 15) is 13.2 Å². The number of nitrogens with one attached hydrogen (secondary N) is 1. The van der Waals surface area contributed by atoms with E-state index in [1.165, 1.54) is 23.5 Å². The first-order valence-corrected chi connectivity index (χ1v) is 10.2. The maximum Gasteiger partial charge on any atom is 0.246 e. The van der Waals surface area contributed by atoms with Crippen LogP contribution < -0.4 is 15.8 Å². The minimum absolute atomic E-state index is 0. The van der Waals surface area contributed by atoms with Crippen LogP contribution >= 0.6 is 12.4 Å². The van der Waals surface area contributed by atoms with Gasteiger partial charge in [-0.25, -0.2) is 8.42 Å². The highest BCUT2D eigenvalue weighted by molar-refractivity contribution is 7.89. The van der Waals surface area contributed by atoms with Crippen LogP contribution in [0, 0.1) is 0 Å². The molecule has 1 aromatic carbocycles. The predicted molar refractivity (Wildman–Crippen MR) is 104 cm³/mol. The van der Waals surface area contributed by atoms with Crippen molar-refractivity contribution in [2.45, 2.75) is 36.1 Å². The summed E-state index contributed by atoms with van der Waals surface area (Å²) in [5, 5.41) is 2.77. The number of hydrogen-bond donors (Lipinski definition) is 2. The normalized spacial score (nSPS) is 19.9. The van der Waals surface area contributed by atoms with E-state index in [2.05, 4.69) is 5.32 Å². The minimum atomic E-state index is -3.60. The lowest BCUT2D eigenvalue weighted by Crippen LogP contribution is -2.54. The molecule has 2 aliphatic rings. The Bertz CT molecular complexity index is 775. The van der Waals surface area contributed by atoms with Crippen molar-refractivity contribution in [1.29, 1.82) is 0 Å². The molecule has 0 aliphatic carbocycles. The number of methoxy groups -OCH3 is 1. The molecule has 1 aromatic rings. The Balaban J connectivity index is 0.00000261. The molecule has 0 atom stereocenters. The Morgan fingerprint density at radius 1 is 1.26 bits per heavy atom. The molecule has 3 N–H and O–H groups in total. The van der Waals surface area contributed by atoms with Crippen molar-refractivity contribution in [3.05, 3.63) is 18.2 Å². The van der Waals surface area contributed by atoms with Crippen LogP contribution in [0.3, 0.4) is 0 Å². The zero-order valence-corrected chi connectivity index (χ0v) is 16.9. The number of anilines is 1. The summed E-state index contributed by atoms with van der Waals surface area (Å²) in [6.45, 7) is 1.92. The van der Waals surface area contributed by atoms with Crippen LogP contribution in [-0.4, -0.2) is 57.6 Å². The summed E-state index contributed by atoms with van der Waals surface area (Å²) < 4.78 is 37.5. The standard InChI is InChI=1S/C17H25N3O5S.ClH/c1-24-14-12-13(19-16(21)17(18)6-10-25-11-7-17)4-5-15(14)26(22,23)20-8-2-3-9-20;/h4-5,12H,2-3,6-11,18H2,1H3,(H,19,21);1H.